The fraction of sp³-hybridized carbons (Fsp3) is 1.00. The standard InChI is InChI=1S/C12H26N2O/c1-12(2,15)9-14(3)8-10-6-4-5-7-11(10)13/h10-11,15H,4-9,13H2,1-3H3. The lowest BCUT2D eigenvalue weighted by molar-refractivity contribution is 0.0370. The number of aliphatic hydroxyl groups is 1. The zero-order chi connectivity index (χ0) is 11.5. The fourth-order valence-corrected chi connectivity index (χ4v) is 2.59. The van der Waals surface area contributed by atoms with Crippen molar-refractivity contribution in [3.63, 3.8) is 0 Å². The first-order chi connectivity index (χ1) is 6.88. The molecule has 1 fully saturated rings. The lowest BCUT2D eigenvalue weighted by atomic mass is 9.84. The lowest BCUT2D eigenvalue weighted by Gasteiger charge is -2.34. The number of rotatable bonds is 4. The molecule has 0 saturated heterocycles. The highest BCUT2D eigenvalue weighted by Gasteiger charge is 2.24. The Labute approximate surface area is 93.6 Å². The first-order valence-electron chi connectivity index (χ1n) is 6.05. The molecule has 0 aromatic carbocycles. The van der Waals surface area contributed by atoms with Crippen LogP contribution in [0.15, 0.2) is 0 Å². The van der Waals surface area contributed by atoms with Gasteiger partial charge in [0.2, 0.25) is 0 Å². The van der Waals surface area contributed by atoms with Crippen LogP contribution < -0.4 is 5.73 Å². The predicted molar refractivity (Wildman–Crippen MR) is 63.7 cm³/mol. The molecule has 0 heterocycles. The molecular weight excluding hydrogens is 188 g/mol. The Balaban J connectivity index is 2.33. The van der Waals surface area contributed by atoms with E-state index in [0.29, 0.717) is 12.0 Å². The molecule has 3 N–H and O–H groups in total. The van der Waals surface area contributed by atoms with Crippen molar-refractivity contribution >= 4 is 0 Å². The molecule has 1 saturated carbocycles. The minimum Gasteiger partial charge on any atom is -0.389 e. The van der Waals surface area contributed by atoms with E-state index in [2.05, 4.69) is 11.9 Å². The first kappa shape index (κ1) is 12.9. The van der Waals surface area contributed by atoms with Crippen LogP contribution in [-0.4, -0.2) is 41.8 Å². The van der Waals surface area contributed by atoms with Crippen molar-refractivity contribution in [2.45, 2.75) is 51.2 Å². The molecule has 0 bridgehead atoms. The molecule has 1 aliphatic rings. The maximum atomic E-state index is 9.71. The van der Waals surface area contributed by atoms with Gasteiger partial charge < -0.3 is 15.7 Å². The quantitative estimate of drug-likeness (QED) is 0.739. The Bertz CT molecular complexity index is 189. The van der Waals surface area contributed by atoms with Gasteiger partial charge in [-0.25, -0.2) is 0 Å². The molecule has 0 spiro atoms. The third-order valence-electron chi connectivity index (χ3n) is 3.17. The van der Waals surface area contributed by atoms with Crippen molar-refractivity contribution in [2.24, 2.45) is 11.7 Å². The van der Waals surface area contributed by atoms with Crippen LogP contribution >= 0.6 is 0 Å². The van der Waals surface area contributed by atoms with Gasteiger partial charge in [-0.15, -0.1) is 0 Å². The molecule has 90 valence electrons. The summed E-state index contributed by atoms with van der Waals surface area (Å²) in [5, 5.41) is 9.71. The van der Waals surface area contributed by atoms with Gasteiger partial charge in [0, 0.05) is 19.1 Å². The van der Waals surface area contributed by atoms with Crippen molar-refractivity contribution < 1.29 is 5.11 Å². The topological polar surface area (TPSA) is 49.5 Å². The molecule has 3 nitrogen and oxygen atoms in total. The van der Waals surface area contributed by atoms with Crippen molar-refractivity contribution in [1.82, 2.24) is 4.90 Å². The average molecular weight is 214 g/mol. The van der Waals surface area contributed by atoms with Gasteiger partial charge in [-0.2, -0.15) is 0 Å². The molecule has 3 heteroatoms. The largest absolute Gasteiger partial charge is 0.389 e. The van der Waals surface area contributed by atoms with Gasteiger partial charge in [-0.3, -0.25) is 0 Å². The van der Waals surface area contributed by atoms with Crippen molar-refractivity contribution in [3.8, 4) is 0 Å². The van der Waals surface area contributed by atoms with E-state index in [1.165, 1.54) is 25.7 Å². The molecule has 0 amide bonds. The zero-order valence-electron chi connectivity index (χ0n) is 10.4. The Morgan fingerprint density at radius 2 is 1.93 bits per heavy atom. The second-order valence-electron chi connectivity index (χ2n) is 5.72. The third kappa shape index (κ3) is 4.96. The fourth-order valence-electron chi connectivity index (χ4n) is 2.59. The van der Waals surface area contributed by atoms with Crippen LogP contribution in [0.4, 0.5) is 0 Å². The molecule has 1 rings (SSSR count). The Hall–Kier alpha value is -0.120. The normalized spacial score (nSPS) is 28.4. The summed E-state index contributed by atoms with van der Waals surface area (Å²) in [7, 11) is 2.07. The molecule has 15 heavy (non-hydrogen) atoms. The highest BCUT2D eigenvalue weighted by atomic mass is 16.3. The highest BCUT2D eigenvalue weighted by Crippen LogP contribution is 2.23. The second kappa shape index (κ2) is 5.28. The second-order valence-corrected chi connectivity index (χ2v) is 5.72. The van der Waals surface area contributed by atoms with E-state index in [1.54, 1.807) is 0 Å². The monoisotopic (exact) mass is 214 g/mol. The number of nitrogens with zero attached hydrogens (tertiary/aromatic N) is 1. The van der Waals surface area contributed by atoms with Gasteiger partial charge in [0.05, 0.1) is 5.60 Å². The van der Waals surface area contributed by atoms with Gasteiger partial charge in [-0.05, 0) is 39.7 Å². The summed E-state index contributed by atoms with van der Waals surface area (Å²) in [6, 6.07) is 0.364. The summed E-state index contributed by atoms with van der Waals surface area (Å²) in [6.07, 6.45) is 5.01. The SMILES string of the molecule is CN(CC1CCCCC1N)CC(C)(C)O. The van der Waals surface area contributed by atoms with E-state index in [1.807, 2.05) is 13.8 Å². The Kier molecular flexibility index (Phi) is 4.56. The Morgan fingerprint density at radius 1 is 1.33 bits per heavy atom. The molecule has 0 aromatic heterocycles. The summed E-state index contributed by atoms with van der Waals surface area (Å²) < 4.78 is 0. The van der Waals surface area contributed by atoms with Gasteiger partial charge in [0.1, 0.15) is 0 Å². The average Bonchev–Trinajstić information content (AvgIpc) is 2.05. The summed E-state index contributed by atoms with van der Waals surface area (Å²) in [4.78, 5) is 2.20. The van der Waals surface area contributed by atoms with E-state index in [9.17, 15) is 5.11 Å². The van der Waals surface area contributed by atoms with Crippen LogP contribution in [-0.2, 0) is 0 Å². The number of likely N-dealkylation sites (N-methyl/N-ethyl adjacent to an activating group) is 1. The minimum atomic E-state index is -0.604. The zero-order valence-corrected chi connectivity index (χ0v) is 10.4. The molecule has 2 atom stereocenters. The maximum Gasteiger partial charge on any atom is 0.0718 e. The number of nitrogens with two attached hydrogens (primary N) is 1. The van der Waals surface area contributed by atoms with Crippen LogP contribution in [0.5, 0.6) is 0 Å². The van der Waals surface area contributed by atoms with Gasteiger partial charge in [-0.1, -0.05) is 12.8 Å². The lowest BCUT2D eigenvalue weighted by Crippen LogP contribution is -2.44. The van der Waals surface area contributed by atoms with Crippen LogP contribution in [0, 0.1) is 5.92 Å². The number of hydrogen-bond donors (Lipinski definition) is 2. The van der Waals surface area contributed by atoms with E-state index in [-0.39, 0.29) is 0 Å². The molecule has 0 radical (unpaired) electrons. The van der Waals surface area contributed by atoms with Gasteiger partial charge in [0.25, 0.3) is 0 Å². The van der Waals surface area contributed by atoms with Crippen molar-refractivity contribution in [3.05, 3.63) is 0 Å². The predicted octanol–water partition coefficient (Wildman–Crippen LogP) is 1.21. The van der Waals surface area contributed by atoms with Gasteiger partial charge in [0.15, 0.2) is 0 Å². The molecule has 0 aromatic rings. The summed E-state index contributed by atoms with van der Waals surface area (Å²) in [5.74, 6) is 0.617. The molecule has 2 unspecified atom stereocenters. The van der Waals surface area contributed by atoms with Crippen molar-refractivity contribution in [2.75, 3.05) is 20.1 Å². The summed E-state index contributed by atoms with van der Waals surface area (Å²) in [5.41, 5.74) is 5.50. The summed E-state index contributed by atoms with van der Waals surface area (Å²) in [6.45, 7) is 5.44. The highest BCUT2D eigenvalue weighted by molar-refractivity contribution is 4.81. The van der Waals surface area contributed by atoms with Crippen LogP contribution in [0.1, 0.15) is 39.5 Å². The van der Waals surface area contributed by atoms with E-state index in [0.717, 1.165) is 13.1 Å². The van der Waals surface area contributed by atoms with Crippen LogP contribution in [0.2, 0.25) is 0 Å². The molecule has 1 aliphatic carbocycles. The van der Waals surface area contributed by atoms with Crippen molar-refractivity contribution in [1.29, 1.82) is 0 Å². The van der Waals surface area contributed by atoms with E-state index in [4.69, 9.17) is 5.73 Å². The maximum absolute atomic E-state index is 9.71. The molecule has 0 aliphatic heterocycles. The Morgan fingerprint density at radius 3 is 2.47 bits per heavy atom. The van der Waals surface area contributed by atoms with Crippen LogP contribution in [0.3, 0.4) is 0 Å². The summed E-state index contributed by atoms with van der Waals surface area (Å²) >= 11 is 0. The molecular formula is C12H26N2O. The minimum absolute atomic E-state index is 0.364. The number of hydrogen-bond acceptors (Lipinski definition) is 3. The van der Waals surface area contributed by atoms with E-state index < -0.39 is 5.60 Å². The smallest absolute Gasteiger partial charge is 0.0718 e. The third-order valence-corrected chi connectivity index (χ3v) is 3.17. The van der Waals surface area contributed by atoms with Crippen LogP contribution in [0.25, 0.3) is 0 Å². The first-order valence-corrected chi connectivity index (χ1v) is 6.05. The van der Waals surface area contributed by atoms with E-state index >= 15 is 0 Å². The van der Waals surface area contributed by atoms with Gasteiger partial charge >= 0.3 is 0 Å².